The van der Waals surface area contributed by atoms with Crippen LogP contribution in [0, 0.1) is 0 Å². The summed E-state index contributed by atoms with van der Waals surface area (Å²) in [5.74, 6) is 0.397. The van der Waals surface area contributed by atoms with Crippen LogP contribution in [-0.4, -0.2) is 13.7 Å². The minimum Gasteiger partial charge on any atom is -0.382 e. The van der Waals surface area contributed by atoms with Gasteiger partial charge in [0.15, 0.2) is 0 Å². The molecule has 0 fully saturated rings. The molecule has 0 aromatic heterocycles. The van der Waals surface area contributed by atoms with Crippen molar-refractivity contribution in [3.05, 3.63) is 30.3 Å². The zero-order valence-corrected chi connectivity index (χ0v) is 16.9. The van der Waals surface area contributed by atoms with E-state index in [0.717, 1.165) is 12.8 Å². The van der Waals surface area contributed by atoms with Crippen LogP contribution in [0.5, 0.6) is 5.75 Å². The number of unbranched alkanes of at least 4 members (excludes halogenated alkanes) is 10. The molecular formula is C21H36O3S. The summed E-state index contributed by atoms with van der Waals surface area (Å²) in [7, 11) is -3.53. The third-order valence-corrected chi connectivity index (χ3v) is 6.31. The molecule has 1 atom stereocenters. The van der Waals surface area contributed by atoms with E-state index in [2.05, 4.69) is 6.92 Å². The Hall–Kier alpha value is -1.03. The van der Waals surface area contributed by atoms with Crippen LogP contribution in [0.4, 0.5) is 0 Å². The summed E-state index contributed by atoms with van der Waals surface area (Å²) < 4.78 is 29.6. The summed E-state index contributed by atoms with van der Waals surface area (Å²) in [5.41, 5.74) is 0. The maximum absolute atomic E-state index is 12.2. The smallest absolute Gasteiger partial charge is 0.311 e. The first-order valence-electron chi connectivity index (χ1n) is 10.0. The van der Waals surface area contributed by atoms with E-state index in [1.807, 2.05) is 6.07 Å². The van der Waals surface area contributed by atoms with Crippen molar-refractivity contribution in [1.29, 1.82) is 0 Å². The van der Waals surface area contributed by atoms with Gasteiger partial charge in [-0.05, 0) is 25.5 Å². The van der Waals surface area contributed by atoms with Crippen LogP contribution in [0.15, 0.2) is 30.3 Å². The normalized spacial score (nSPS) is 12.9. The van der Waals surface area contributed by atoms with Gasteiger partial charge in [-0.15, -0.1) is 0 Å². The Labute approximate surface area is 155 Å². The lowest BCUT2D eigenvalue weighted by Crippen LogP contribution is -2.23. The van der Waals surface area contributed by atoms with Crippen molar-refractivity contribution in [3.8, 4) is 5.75 Å². The van der Waals surface area contributed by atoms with Gasteiger partial charge in [0.05, 0.1) is 5.25 Å². The molecule has 1 aromatic rings. The van der Waals surface area contributed by atoms with E-state index in [1.54, 1.807) is 31.2 Å². The second-order valence-corrected chi connectivity index (χ2v) is 8.98. The van der Waals surface area contributed by atoms with E-state index in [4.69, 9.17) is 4.18 Å². The summed E-state index contributed by atoms with van der Waals surface area (Å²) in [6.07, 6.45) is 14.7. The lowest BCUT2D eigenvalue weighted by molar-refractivity contribution is 0.464. The van der Waals surface area contributed by atoms with E-state index < -0.39 is 15.4 Å². The average molecular weight is 369 g/mol. The molecule has 0 spiro atoms. The Morgan fingerprint density at radius 1 is 0.800 bits per heavy atom. The summed E-state index contributed by atoms with van der Waals surface area (Å²) in [4.78, 5) is 0. The van der Waals surface area contributed by atoms with Crippen molar-refractivity contribution in [2.75, 3.05) is 0 Å². The van der Waals surface area contributed by atoms with Gasteiger partial charge in [0, 0.05) is 0 Å². The van der Waals surface area contributed by atoms with Gasteiger partial charge in [0.25, 0.3) is 0 Å². The zero-order chi connectivity index (χ0) is 18.4. The van der Waals surface area contributed by atoms with Crippen molar-refractivity contribution in [2.45, 2.75) is 96.1 Å². The highest BCUT2D eigenvalue weighted by Gasteiger charge is 2.22. The molecule has 0 N–H and O–H groups in total. The molecule has 3 nitrogen and oxygen atoms in total. The maximum atomic E-state index is 12.2. The van der Waals surface area contributed by atoms with Gasteiger partial charge in [-0.25, -0.2) is 0 Å². The fourth-order valence-electron chi connectivity index (χ4n) is 2.93. The van der Waals surface area contributed by atoms with E-state index in [-0.39, 0.29) is 0 Å². The summed E-state index contributed by atoms with van der Waals surface area (Å²) >= 11 is 0. The summed E-state index contributed by atoms with van der Waals surface area (Å²) in [5, 5.41) is -0.453. The molecule has 0 radical (unpaired) electrons. The quantitative estimate of drug-likeness (QED) is 0.263. The minimum absolute atomic E-state index is 0.397. The minimum atomic E-state index is -3.53. The molecule has 0 saturated carbocycles. The van der Waals surface area contributed by atoms with Crippen LogP contribution in [0.2, 0.25) is 0 Å². The molecule has 0 aliphatic heterocycles. The van der Waals surface area contributed by atoms with Gasteiger partial charge in [-0.3, -0.25) is 0 Å². The molecule has 4 heteroatoms. The molecule has 1 unspecified atom stereocenters. The highest BCUT2D eigenvalue weighted by molar-refractivity contribution is 7.87. The Bertz CT molecular complexity index is 525. The molecule has 25 heavy (non-hydrogen) atoms. The van der Waals surface area contributed by atoms with Crippen LogP contribution >= 0.6 is 0 Å². The second kappa shape index (κ2) is 13.2. The van der Waals surface area contributed by atoms with Gasteiger partial charge < -0.3 is 4.18 Å². The van der Waals surface area contributed by atoms with Crippen molar-refractivity contribution in [1.82, 2.24) is 0 Å². The Balaban J connectivity index is 2.05. The SMILES string of the molecule is CCCCCCCCCCCCCC(C)S(=O)(=O)Oc1ccccc1. The third kappa shape index (κ3) is 10.5. The topological polar surface area (TPSA) is 43.4 Å². The van der Waals surface area contributed by atoms with E-state index >= 15 is 0 Å². The van der Waals surface area contributed by atoms with Crippen molar-refractivity contribution < 1.29 is 12.6 Å². The van der Waals surface area contributed by atoms with Crippen LogP contribution in [0.1, 0.15) is 90.9 Å². The van der Waals surface area contributed by atoms with Crippen molar-refractivity contribution in [2.24, 2.45) is 0 Å². The number of para-hydroxylation sites is 1. The third-order valence-electron chi connectivity index (χ3n) is 4.66. The van der Waals surface area contributed by atoms with Crippen LogP contribution in [0.3, 0.4) is 0 Å². The first-order valence-corrected chi connectivity index (χ1v) is 11.5. The number of benzene rings is 1. The molecule has 0 aliphatic carbocycles. The molecule has 144 valence electrons. The Kier molecular flexibility index (Phi) is 11.6. The first-order chi connectivity index (χ1) is 12.1. The fourth-order valence-corrected chi connectivity index (χ4v) is 3.93. The van der Waals surface area contributed by atoms with Gasteiger partial charge in [0.1, 0.15) is 5.75 Å². The lowest BCUT2D eigenvalue weighted by Gasteiger charge is -2.13. The van der Waals surface area contributed by atoms with Crippen LogP contribution < -0.4 is 4.18 Å². The molecule has 0 heterocycles. The summed E-state index contributed by atoms with van der Waals surface area (Å²) in [6.45, 7) is 3.99. The molecular weight excluding hydrogens is 332 g/mol. The number of hydrogen-bond acceptors (Lipinski definition) is 3. The summed E-state index contributed by atoms with van der Waals surface area (Å²) in [6, 6.07) is 8.74. The Morgan fingerprint density at radius 3 is 1.80 bits per heavy atom. The molecule has 0 amide bonds. The number of rotatable bonds is 15. The molecule has 1 rings (SSSR count). The van der Waals surface area contributed by atoms with Gasteiger partial charge in [-0.2, -0.15) is 8.42 Å². The van der Waals surface area contributed by atoms with E-state index in [9.17, 15) is 8.42 Å². The highest BCUT2D eigenvalue weighted by atomic mass is 32.2. The fraction of sp³-hybridized carbons (Fsp3) is 0.714. The monoisotopic (exact) mass is 368 g/mol. The lowest BCUT2D eigenvalue weighted by atomic mass is 10.0. The molecule has 1 aromatic carbocycles. The largest absolute Gasteiger partial charge is 0.382 e. The van der Waals surface area contributed by atoms with Crippen LogP contribution in [0.25, 0.3) is 0 Å². The standard InChI is InChI=1S/C21H36O3S/c1-3-4-5-6-7-8-9-10-11-12-14-17-20(2)25(22,23)24-21-18-15-13-16-19-21/h13,15-16,18-20H,3-12,14,17H2,1-2H3. The molecule has 0 bridgehead atoms. The van der Waals surface area contributed by atoms with Crippen molar-refractivity contribution >= 4 is 10.1 Å². The van der Waals surface area contributed by atoms with Gasteiger partial charge >= 0.3 is 10.1 Å². The van der Waals surface area contributed by atoms with Crippen LogP contribution in [-0.2, 0) is 10.1 Å². The van der Waals surface area contributed by atoms with Crippen molar-refractivity contribution in [3.63, 3.8) is 0 Å². The van der Waals surface area contributed by atoms with Gasteiger partial charge in [-0.1, -0.05) is 95.8 Å². The van der Waals surface area contributed by atoms with E-state index in [1.165, 1.54) is 57.8 Å². The van der Waals surface area contributed by atoms with E-state index in [0.29, 0.717) is 12.2 Å². The number of hydrogen-bond donors (Lipinski definition) is 0. The van der Waals surface area contributed by atoms with Gasteiger partial charge in [0.2, 0.25) is 0 Å². The highest BCUT2D eigenvalue weighted by Crippen LogP contribution is 2.18. The maximum Gasteiger partial charge on any atom is 0.311 e. The predicted octanol–water partition coefficient (Wildman–Crippen LogP) is 6.48. The zero-order valence-electron chi connectivity index (χ0n) is 16.1. The average Bonchev–Trinajstić information content (AvgIpc) is 2.60. The molecule has 0 saturated heterocycles. The second-order valence-electron chi connectivity index (χ2n) is 7.02. The first kappa shape index (κ1) is 22.0. The Morgan fingerprint density at radius 2 is 1.28 bits per heavy atom. The predicted molar refractivity (Wildman–Crippen MR) is 107 cm³/mol. The molecule has 0 aliphatic rings.